The summed E-state index contributed by atoms with van der Waals surface area (Å²) in [7, 11) is 1.66. The van der Waals surface area contributed by atoms with E-state index in [0.717, 1.165) is 25.7 Å². The Bertz CT molecular complexity index is 1150. The van der Waals surface area contributed by atoms with Crippen molar-refractivity contribution < 1.29 is 24.5 Å². The first-order valence-corrected chi connectivity index (χ1v) is 11.8. The van der Waals surface area contributed by atoms with Crippen molar-refractivity contribution in [2.45, 2.75) is 63.6 Å². The fourth-order valence-electron chi connectivity index (χ4n) is 4.67. The van der Waals surface area contributed by atoms with Crippen LogP contribution >= 0.6 is 0 Å². The van der Waals surface area contributed by atoms with Crippen molar-refractivity contribution in [1.82, 2.24) is 30.2 Å². The number of likely N-dealkylation sites (N-methyl/N-ethyl adjacent to an activating group) is 1. The lowest BCUT2D eigenvalue weighted by Gasteiger charge is -2.26. The normalized spacial score (nSPS) is 28.3. The number of carbonyl (C=O) groups is 2. The summed E-state index contributed by atoms with van der Waals surface area (Å²) in [4.78, 5) is 36.9. The van der Waals surface area contributed by atoms with Crippen LogP contribution in [0.3, 0.4) is 0 Å². The minimum absolute atomic E-state index is 0.0781. The number of rotatable bonds is 5. The molecule has 2 aromatic rings. The Kier molecular flexibility index (Phi) is 7.49. The third kappa shape index (κ3) is 5.07. The first-order valence-electron chi connectivity index (χ1n) is 11.8. The van der Waals surface area contributed by atoms with Gasteiger partial charge in [-0.15, -0.1) is 0 Å². The second-order valence-corrected chi connectivity index (χ2v) is 8.92. The Labute approximate surface area is 202 Å². The van der Waals surface area contributed by atoms with Gasteiger partial charge in [0.2, 0.25) is 11.7 Å². The second kappa shape index (κ2) is 10.6. The lowest BCUT2D eigenvalue weighted by atomic mass is 9.80. The summed E-state index contributed by atoms with van der Waals surface area (Å²) in [6.07, 6.45) is 0.501. The molecule has 35 heavy (non-hydrogen) atoms. The molecule has 6 N–H and O–H groups in total. The molecule has 12 heteroatoms. The monoisotopic (exact) mass is 485 g/mol. The summed E-state index contributed by atoms with van der Waals surface area (Å²) in [6.45, 7) is 2.11. The molecule has 188 valence electrons. The number of nitrogen functional groups attached to an aromatic ring is 1. The number of aliphatic hydroxyl groups excluding tert-OH is 2. The minimum atomic E-state index is -1.42. The first kappa shape index (κ1) is 24.8. The minimum Gasteiger partial charge on any atom is -0.387 e. The predicted molar refractivity (Wildman–Crippen MR) is 125 cm³/mol. The lowest BCUT2D eigenvalue weighted by molar-refractivity contribution is -0.137. The van der Waals surface area contributed by atoms with Gasteiger partial charge in [-0.05, 0) is 44.4 Å². The van der Waals surface area contributed by atoms with Crippen molar-refractivity contribution in [2.75, 3.05) is 19.3 Å². The van der Waals surface area contributed by atoms with Crippen molar-refractivity contribution in [3.8, 4) is 11.8 Å². The quantitative estimate of drug-likeness (QED) is 0.348. The molecule has 2 aromatic heterocycles. The lowest BCUT2D eigenvalue weighted by Crippen LogP contribution is -2.42. The van der Waals surface area contributed by atoms with Crippen molar-refractivity contribution in [3.63, 3.8) is 0 Å². The average Bonchev–Trinajstić information content (AvgIpc) is 3.40. The van der Waals surface area contributed by atoms with Gasteiger partial charge in [-0.1, -0.05) is 5.92 Å². The van der Waals surface area contributed by atoms with Crippen molar-refractivity contribution >= 4 is 28.8 Å². The maximum absolute atomic E-state index is 12.2. The summed E-state index contributed by atoms with van der Waals surface area (Å²) >= 11 is 0. The number of fused-ring (bicyclic) bond motifs is 1. The molecule has 0 bridgehead atoms. The number of amides is 2. The van der Waals surface area contributed by atoms with Crippen molar-refractivity contribution in [3.05, 3.63) is 12.2 Å². The topological polar surface area (TPSA) is 178 Å². The van der Waals surface area contributed by atoms with Crippen molar-refractivity contribution in [2.24, 2.45) is 11.8 Å². The number of aliphatic hydroxyl groups is 2. The second-order valence-electron chi connectivity index (χ2n) is 8.92. The largest absolute Gasteiger partial charge is 0.387 e. The van der Waals surface area contributed by atoms with E-state index in [0.29, 0.717) is 24.4 Å². The number of anilines is 1. The number of aromatic nitrogens is 4. The number of imidazole rings is 1. The van der Waals surface area contributed by atoms with E-state index in [9.17, 15) is 19.8 Å². The predicted octanol–water partition coefficient (Wildman–Crippen LogP) is -0.542. The van der Waals surface area contributed by atoms with Crippen LogP contribution in [0.2, 0.25) is 0 Å². The number of carbonyl (C=O) groups excluding carboxylic acids is 2. The molecule has 2 amide bonds. The molecule has 1 saturated carbocycles. The summed E-state index contributed by atoms with van der Waals surface area (Å²) in [5.74, 6) is 6.46. The zero-order valence-corrected chi connectivity index (χ0v) is 19.8. The van der Waals surface area contributed by atoms with Crippen LogP contribution in [0, 0.1) is 23.7 Å². The molecule has 0 radical (unpaired) electrons. The van der Waals surface area contributed by atoms with Gasteiger partial charge in [-0.2, -0.15) is 0 Å². The Balaban J connectivity index is 1.49. The molecule has 1 saturated heterocycles. The van der Waals surface area contributed by atoms with Crippen LogP contribution in [0.1, 0.15) is 51.1 Å². The molecule has 2 aliphatic rings. The highest BCUT2D eigenvalue weighted by Crippen LogP contribution is 2.33. The maximum atomic E-state index is 12.2. The van der Waals surface area contributed by atoms with E-state index in [1.54, 1.807) is 14.0 Å². The molecule has 4 rings (SSSR count). The summed E-state index contributed by atoms with van der Waals surface area (Å²) in [5, 5.41) is 26.2. The molecule has 2 unspecified atom stereocenters. The van der Waals surface area contributed by atoms with Gasteiger partial charge in [-0.25, -0.2) is 15.0 Å². The summed E-state index contributed by atoms with van der Waals surface area (Å²) in [5.41, 5.74) is 6.65. The number of nitrogens with two attached hydrogens (primary N) is 1. The highest BCUT2D eigenvalue weighted by Gasteiger charge is 2.47. The van der Waals surface area contributed by atoms with E-state index in [-0.39, 0.29) is 29.1 Å². The van der Waals surface area contributed by atoms with E-state index in [2.05, 4.69) is 37.4 Å². The van der Waals surface area contributed by atoms with Crippen LogP contribution in [0.25, 0.3) is 11.2 Å². The summed E-state index contributed by atoms with van der Waals surface area (Å²) < 4.78 is 7.09. The van der Waals surface area contributed by atoms with E-state index in [4.69, 9.17) is 10.5 Å². The Hall–Kier alpha value is -3.27. The highest BCUT2D eigenvalue weighted by molar-refractivity contribution is 5.83. The van der Waals surface area contributed by atoms with Gasteiger partial charge in [0.05, 0.1) is 6.33 Å². The number of hydrogen-bond donors (Lipinski definition) is 5. The molecular weight excluding hydrogens is 454 g/mol. The van der Waals surface area contributed by atoms with Gasteiger partial charge in [0.25, 0.3) is 5.91 Å². The first-order chi connectivity index (χ1) is 16.8. The number of hydrogen-bond acceptors (Lipinski definition) is 9. The van der Waals surface area contributed by atoms with Gasteiger partial charge in [0.1, 0.15) is 17.7 Å². The zero-order chi connectivity index (χ0) is 25.1. The number of nitrogens with one attached hydrogen (secondary N) is 2. The Morgan fingerprint density at radius 3 is 2.63 bits per heavy atom. The van der Waals surface area contributed by atoms with E-state index in [1.165, 1.54) is 10.9 Å². The van der Waals surface area contributed by atoms with Crippen LogP contribution in [0.15, 0.2) is 6.33 Å². The van der Waals surface area contributed by atoms with Gasteiger partial charge < -0.3 is 31.3 Å². The average molecular weight is 486 g/mol. The van der Waals surface area contributed by atoms with Crippen LogP contribution in [0.4, 0.5) is 5.82 Å². The Morgan fingerprint density at radius 2 is 1.94 bits per heavy atom. The SMILES string of the molecule is CCNC(=O)[C@H]1O[C@@H](n2cnc3c(N)nc(C#CCC4CCC(C(=O)NC)CC4)nc32)C(O)C1O. The molecular formula is C23H31N7O5. The molecule has 12 nitrogen and oxygen atoms in total. The number of ether oxygens (including phenoxy) is 1. The molecule has 4 atom stereocenters. The molecule has 1 aliphatic heterocycles. The van der Waals surface area contributed by atoms with Crippen LogP contribution in [-0.2, 0) is 14.3 Å². The smallest absolute Gasteiger partial charge is 0.252 e. The van der Waals surface area contributed by atoms with Crippen LogP contribution in [-0.4, -0.2) is 73.5 Å². The standard InChI is InChI=1S/C23H31N7O5/c1-3-26-22(34)18-16(31)17(32)23(35-18)30-11-27-15-19(24)28-14(29-20(15)30)6-4-5-12-7-9-13(10-8-12)21(33)25-2/h11-13,16-18,23,31-32H,3,5,7-10H2,1-2H3,(H,25,33)(H,26,34)(H2,24,28,29)/t12?,13?,16?,17?,18-,23+/m0/s1. The third-order valence-electron chi connectivity index (χ3n) is 6.63. The molecule has 2 fully saturated rings. The van der Waals surface area contributed by atoms with Crippen molar-refractivity contribution in [1.29, 1.82) is 0 Å². The third-order valence-corrected chi connectivity index (χ3v) is 6.63. The number of nitrogens with zero attached hydrogens (tertiary/aromatic N) is 4. The molecule has 0 aromatic carbocycles. The fourth-order valence-corrected chi connectivity index (χ4v) is 4.67. The van der Waals surface area contributed by atoms with Gasteiger partial charge >= 0.3 is 0 Å². The van der Waals surface area contributed by atoms with Crippen LogP contribution in [0.5, 0.6) is 0 Å². The van der Waals surface area contributed by atoms with Gasteiger partial charge in [0, 0.05) is 25.9 Å². The molecule has 1 aliphatic carbocycles. The zero-order valence-electron chi connectivity index (χ0n) is 19.8. The summed E-state index contributed by atoms with van der Waals surface area (Å²) in [6, 6.07) is 0. The Morgan fingerprint density at radius 1 is 1.20 bits per heavy atom. The maximum Gasteiger partial charge on any atom is 0.252 e. The van der Waals surface area contributed by atoms with E-state index >= 15 is 0 Å². The fraction of sp³-hybridized carbons (Fsp3) is 0.609. The van der Waals surface area contributed by atoms with Gasteiger partial charge in [-0.3, -0.25) is 14.2 Å². The van der Waals surface area contributed by atoms with Gasteiger partial charge in [0.15, 0.2) is 23.8 Å². The van der Waals surface area contributed by atoms with E-state index < -0.39 is 30.4 Å². The highest BCUT2D eigenvalue weighted by atomic mass is 16.6. The van der Waals surface area contributed by atoms with E-state index in [1.807, 2.05) is 0 Å². The van der Waals surface area contributed by atoms with Crippen LogP contribution < -0.4 is 16.4 Å². The molecule has 0 spiro atoms. The molecule has 3 heterocycles.